The number of rotatable bonds is 2. The van der Waals surface area contributed by atoms with Crippen molar-refractivity contribution in [2.75, 3.05) is 0 Å². The Bertz CT molecular complexity index is 147. The van der Waals surface area contributed by atoms with Crippen LogP contribution in [0.1, 0.15) is 33.1 Å². The van der Waals surface area contributed by atoms with Crippen molar-refractivity contribution in [3.05, 3.63) is 0 Å². The molecular formula is C8H15NO. The number of carbonyl (C=O) groups excluding carboxylic acids is 1. The van der Waals surface area contributed by atoms with E-state index in [1.807, 2.05) is 13.8 Å². The van der Waals surface area contributed by atoms with E-state index in [9.17, 15) is 4.79 Å². The first-order valence-corrected chi connectivity index (χ1v) is 3.85. The first kappa shape index (κ1) is 7.58. The smallest absolute Gasteiger partial charge is 0.223 e. The number of amides is 1. The van der Waals surface area contributed by atoms with Gasteiger partial charge in [-0.2, -0.15) is 0 Å². The Labute approximate surface area is 61.8 Å². The SMILES string of the molecule is CC(C)(C(N)=O)C1CCC1. The first-order valence-electron chi connectivity index (χ1n) is 3.85. The lowest BCUT2D eigenvalue weighted by Gasteiger charge is -2.37. The van der Waals surface area contributed by atoms with Crippen LogP contribution in [0.2, 0.25) is 0 Å². The molecule has 2 heteroatoms. The van der Waals surface area contributed by atoms with Crippen molar-refractivity contribution in [1.29, 1.82) is 0 Å². The molecule has 1 rings (SSSR count). The Morgan fingerprint density at radius 1 is 1.50 bits per heavy atom. The van der Waals surface area contributed by atoms with Crippen molar-refractivity contribution in [1.82, 2.24) is 0 Å². The summed E-state index contributed by atoms with van der Waals surface area (Å²) >= 11 is 0. The van der Waals surface area contributed by atoms with Crippen LogP contribution < -0.4 is 5.73 Å². The van der Waals surface area contributed by atoms with Crippen molar-refractivity contribution in [3.63, 3.8) is 0 Å². The fraction of sp³-hybridized carbons (Fsp3) is 0.875. The molecule has 0 radical (unpaired) electrons. The molecule has 0 spiro atoms. The predicted octanol–water partition coefficient (Wildman–Crippen LogP) is 1.30. The third kappa shape index (κ3) is 1.02. The molecule has 0 atom stereocenters. The number of nitrogens with two attached hydrogens (primary N) is 1. The van der Waals surface area contributed by atoms with Crippen LogP contribution in [0.3, 0.4) is 0 Å². The van der Waals surface area contributed by atoms with Crippen molar-refractivity contribution >= 4 is 5.91 Å². The zero-order chi connectivity index (χ0) is 7.78. The summed E-state index contributed by atoms with van der Waals surface area (Å²) in [4.78, 5) is 10.9. The van der Waals surface area contributed by atoms with E-state index in [2.05, 4.69) is 0 Å². The standard InChI is InChI=1S/C8H15NO/c1-8(2,7(9)10)6-4-3-5-6/h6H,3-5H2,1-2H3,(H2,9,10). The van der Waals surface area contributed by atoms with Gasteiger partial charge < -0.3 is 5.73 Å². The Morgan fingerprint density at radius 2 is 2.00 bits per heavy atom. The summed E-state index contributed by atoms with van der Waals surface area (Å²) in [5.41, 5.74) is 4.98. The van der Waals surface area contributed by atoms with Crippen LogP contribution in [0.5, 0.6) is 0 Å². The lowest BCUT2D eigenvalue weighted by atomic mass is 9.67. The largest absolute Gasteiger partial charge is 0.369 e. The van der Waals surface area contributed by atoms with Gasteiger partial charge in [0.25, 0.3) is 0 Å². The minimum atomic E-state index is -0.266. The van der Waals surface area contributed by atoms with E-state index in [0.29, 0.717) is 5.92 Å². The summed E-state index contributed by atoms with van der Waals surface area (Å²) in [6.07, 6.45) is 3.62. The summed E-state index contributed by atoms with van der Waals surface area (Å²) in [5, 5.41) is 0. The molecule has 0 heterocycles. The number of hydrogen-bond acceptors (Lipinski definition) is 1. The van der Waals surface area contributed by atoms with Crippen LogP contribution in [-0.2, 0) is 4.79 Å². The highest BCUT2D eigenvalue weighted by Crippen LogP contribution is 2.41. The van der Waals surface area contributed by atoms with Gasteiger partial charge in [-0.1, -0.05) is 20.3 Å². The molecule has 0 aromatic heterocycles. The monoisotopic (exact) mass is 141 g/mol. The molecule has 10 heavy (non-hydrogen) atoms. The van der Waals surface area contributed by atoms with Gasteiger partial charge in [0.1, 0.15) is 0 Å². The van der Waals surface area contributed by atoms with Gasteiger partial charge in [-0.15, -0.1) is 0 Å². The van der Waals surface area contributed by atoms with Crippen LogP contribution in [0.4, 0.5) is 0 Å². The molecule has 0 saturated heterocycles. The Hall–Kier alpha value is -0.530. The van der Waals surface area contributed by atoms with E-state index in [0.717, 1.165) is 0 Å². The van der Waals surface area contributed by atoms with E-state index in [1.165, 1.54) is 19.3 Å². The molecule has 2 nitrogen and oxygen atoms in total. The predicted molar refractivity (Wildman–Crippen MR) is 40.3 cm³/mol. The van der Waals surface area contributed by atoms with Gasteiger partial charge in [-0.25, -0.2) is 0 Å². The van der Waals surface area contributed by atoms with Crippen LogP contribution in [0, 0.1) is 11.3 Å². The van der Waals surface area contributed by atoms with Crippen LogP contribution >= 0.6 is 0 Å². The fourth-order valence-corrected chi connectivity index (χ4v) is 1.33. The molecule has 1 aliphatic rings. The minimum Gasteiger partial charge on any atom is -0.369 e. The maximum Gasteiger partial charge on any atom is 0.223 e. The molecule has 0 aromatic rings. The lowest BCUT2D eigenvalue weighted by molar-refractivity contribution is -0.130. The van der Waals surface area contributed by atoms with Crippen molar-refractivity contribution in [2.24, 2.45) is 17.1 Å². The average molecular weight is 141 g/mol. The van der Waals surface area contributed by atoms with E-state index in [1.54, 1.807) is 0 Å². The van der Waals surface area contributed by atoms with Crippen molar-refractivity contribution < 1.29 is 4.79 Å². The van der Waals surface area contributed by atoms with E-state index < -0.39 is 0 Å². The summed E-state index contributed by atoms with van der Waals surface area (Å²) in [5.74, 6) is 0.391. The second kappa shape index (κ2) is 2.26. The van der Waals surface area contributed by atoms with Gasteiger partial charge in [0.05, 0.1) is 0 Å². The molecule has 1 amide bonds. The molecule has 0 aliphatic heterocycles. The van der Waals surface area contributed by atoms with Gasteiger partial charge in [0, 0.05) is 5.41 Å². The quantitative estimate of drug-likeness (QED) is 0.618. The van der Waals surface area contributed by atoms with Gasteiger partial charge in [0.2, 0.25) is 5.91 Å². The highest BCUT2D eigenvalue weighted by molar-refractivity contribution is 5.80. The third-order valence-corrected chi connectivity index (χ3v) is 2.76. The summed E-state index contributed by atoms with van der Waals surface area (Å²) in [7, 11) is 0. The fourth-order valence-electron chi connectivity index (χ4n) is 1.33. The Morgan fingerprint density at radius 3 is 2.10 bits per heavy atom. The Kier molecular flexibility index (Phi) is 1.71. The molecule has 0 unspecified atom stereocenters. The van der Waals surface area contributed by atoms with Crippen LogP contribution in [0.25, 0.3) is 0 Å². The first-order chi connectivity index (χ1) is 4.55. The normalized spacial score (nSPS) is 20.2. The summed E-state index contributed by atoms with van der Waals surface area (Å²) in [6, 6.07) is 0. The molecule has 0 aromatic carbocycles. The van der Waals surface area contributed by atoms with Gasteiger partial charge in [-0.3, -0.25) is 4.79 Å². The van der Waals surface area contributed by atoms with E-state index in [4.69, 9.17) is 5.73 Å². The number of primary amides is 1. The van der Waals surface area contributed by atoms with Crippen LogP contribution in [0.15, 0.2) is 0 Å². The average Bonchev–Trinajstić information content (AvgIpc) is 1.57. The Balaban J connectivity index is 2.57. The zero-order valence-corrected chi connectivity index (χ0v) is 6.68. The van der Waals surface area contributed by atoms with Crippen molar-refractivity contribution in [2.45, 2.75) is 33.1 Å². The summed E-state index contributed by atoms with van der Waals surface area (Å²) < 4.78 is 0. The van der Waals surface area contributed by atoms with E-state index >= 15 is 0 Å². The molecule has 1 saturated carbocycles. The second-order valence-corrected chi connectivity index (χ2v) is 3.71. The molecule has 2 N–H and O–H groups in total. The van der Waals surface area contributed by atoms with Crippen molar-refractivity contribution in [3.8, 4) is 0 Å². The van der Waals surface area contributed by atoms with Gasteiger partial charge >= 0.3 is 0 Å². The molecular weight excluding hydrogens is 126 g/mol. The van der Waals surface area contributed by atoms with Gasteiger partial charge in [0.15, 0.2) is 0 Å². The van der Waals surface area contributed by atoms with Crippen LogP contribution in [-0.4, -0.2) is 5.91 Å². The molecule has 0 bridgehead atoms. The highest BCUT2D eigenvalue weighted by atomic mass is 16.1. The third-order valence-electron chi connectivity index (χ3n) is 2.76. The maximum absolute atomic E-state index is 10.9. The van der Waals surface area contributed by atoms with Gasteiger partial charge in [-0.05, 0) is 18.8 Å². The zero-order valence-electron chi connectivity index (χ0n) is 6.68. The topological polar surface area (TPSA) is 43.1 Å². The highest BCUT2D eigenvalue weighted by Gasteiger charge is 2.38. The van der Waals surface area contributed by atoms with E-state index in [-0.39, 0.29) is 11.3 Å². The summed E-state index contributed by atoms with van der Waals surface area (Å²) in [6.45, 7) is 3.89. The molecule has 1 fully saturated rings. The number of hydrogen-bond donors (Lipinski definition) is 1. The molecule has 1 aliphatic carbocycles. The second-order valence-electron chi connectivity index (χ2n) is 3.71. The maximum atomic E-state index is 10.9. The minimum absolute atomic E-state index is 0.155. The lowest BCUT2D eigenvalue weighted by Crippen LogP contribution is -2.41. The molecule has 58 valence electrons. The number of carbonyl (C=O) groups is 1.